The molecule has 0 saturated carbocycles. The molecule has 2 nitrogen and oxygen atoms in total. The molecular weight excluding hydrogens is 138 g/mol. The van der Waals surface area contributed by atoms with Crippen LogP contribution < -0.4 is 5.32 Å². The third kappa shape index (κ3) is 2.12. The number of ether oxygens (including phenoxy) is 1. The monoisotopic (exact) mass is 149 g/mol. The predicted octanol–water partition coefficient (Wildman–Crippen LogP) is 0.950. The van der Waals surface area contributed by atoms with E-state index in [4.69, 9.17) is 16.3 Å². The van der Waals surface area contributed by atoms with E-state index in [0.29, 0.717) is 6.10 Å². The molecule has 0 aromatic rings. The van der Waals surface area contributed by atoms with Gasteiger partial charge in [-0.2, -0.15) is 0 Å². The second-order valence-electron chi connectivity index (χ2n) is 2.30. The molecule has 1 fully saturated rings. The molecule has 0 bridgehead atoms. The minimum atomic E-state index is 0.115. The summed E-state index contributed by atoms with van der Waals surface area (Å²) in [7, 11) is 1.74. The van der Waals surface area contributed by atoms with Crippen molar-refractivity contribution in [3.63, 3.8) is 0 Å². The number of hydrogen-bond acceptors (Lipinski definition) is 2. The SMILES string of the molecule is COC1CCNC(Cl)C1. The van der Waals surface area contributed by atoms with Crippen LogP contribution in [0.4, 0.5) is 0 Å². The quantitative estimate of drug-likeness (QED) is 0.443. The van der Waals surface area contributed by atoms with Crippen LogP contribution in [0.25, 0.3) is 0 Å². The van der Waals surface area contributed by atoms with Gasteiger partial charge in [-0.05, 0) is 13.0 Å². The van der Waals surface area contributed by atoms with Crippen molar-refractivity contribution in [3.05, 3.63) is 0 Å². The predicted molar refractivity (Wildman–Crippen MR) is 37.7 cm³/mol. The molecule has 0 aromatic heterocycles. The van der Waals surface area contributed by atoms with Crippen LogP contribution in [0.15, 0.2) is 0 Å². The van der Waals surface area contributed by atoms with Gasteiger partial charge in [-0.25, -0.2) is 0 Å². The van der Waals surface area contributed by atoms with Gasteiger partial charge in [-0.15, -0.1) is 11.6 Å². The fraction of sp³-hybridized carbons (Fsp3) is 1.00. The van der Waals surface area contributed by atoms with E-state index in [-0.39, 0.29) is 5.50 Å². The summed E-state index contributed by atoms with van der Waals surface area (Å²) in [5.74, 6) is 0. The highest BCUT2D eigenvalue weighted by molar-refractivity contribution is 6.20. The number of methoxy groups -OCH3 is 1. The summed E-state index contributed by atoms with van der Waals surface area (Å²) in [5, 5.41) is 3.13. The van der Waals surface area contributed by atoms with Gasteiger partial charge >= 0.3 is 0 Å². The number of halogens is 1. The summed E-state index contributed by atoms with van der Waals surface area (Å²) < 4.78 is 5.14. The molecule has 1 saturated heterocycles. The van der Waals surface area contributed by atoms with Crippen molar-refractivity contribution in [2.75, 3.05) is 13.7 Å². The molecule has 2 unspecified atom stereocenters. The number of nitrogens with one attached hydrogen (secondary N) is 1. The number of alkyl halides is 1. The Morgan fingerprint density at radius 2 is 2.44 bits per heavy atom. The zero-order valence-corrected chi connectivity index (χ0v) is 6.32. The Bertz CT molecular complexity index is 89.1. The van der Waals surface area contributed by atoms with Crippen LogP contribution in [0.1, 0.15) is 12.8 Å². The van der Waals surface area contributed by atoms with E-state index in [1.807, 2.05) is 0 Å². The molecule has 2 atom stereocenters. The van der Waals surface area contributed by atoms with E-state index >= 15 is 0 Å². The second kappa shape index (κ2) is 3.40. The van der Waals surface area contributed by atoms with Crippen molar-refractivity contribution < 1.29 is 4.74 Å². The van der Waals surface area contributed by atoms with Crippen molar-refractivity contribution in [3.8, 4) is 0 Å². The highest BCUT2D eigenvalue weighted by Crippen LogP contribution is 2.13. The summed E-state index contributed by atoms with van der Waals surface area (Å²) >= 11 is 5.80. The fourth-order valence-corrected chi connectivity index (χ4v) is 1.35. The molecule has 0 aromatic carbocycles. The summed E-state index contributed by atoms with van der Waals surface area (Å²) in [5.41, 5.74) is 0.115. The standard InChI is InChI=1S/C6H12ClNO/c1-9-5-2-3-8-6(7)4-5/h5-6,8H,2-4H2,1H3. The normalized spacial score (nSPS) is 36.7. The Hall–Kier alpha value is 0.210. The second-order valence-corrected chi connectivity index (χ2v) is 2.83. The molecule has 1 heterocycles. The first kappa shape index (κ1) is 7.32. The Morgan fingerprint density at radius 3 is 2.89 bits per heavy atom. The van der Waals surface area contributed by atoms with Crippen LogP contribution >= 0.6 is 11.6 Å². The Labute approximate surface area is 60.5 Å². The average Bonchev–Trinajstić information content (AvgIpc) is 1.88. The van der Waals surface area contributed by atoms with Crippen LogP contribution in [0, 0.1) is 0 Å². The van der Waals surface area contributed by atoms with Gasteiger partial charge in [-0.1, -0.05) is 0 Å². The zero-order valence-electron chi connectivity index (χ0n) is 5.56. The molecular formula is C6H12ClNO. The molecule has 0 amide bonds. The van der Waals surface area contributed by atoms with E-state index < -0.39 is 0 Å². The minimum Gasteiger partial charge on any atom is -0.381 e. The maximum atomic E-state index is 5.80. The molecule has 0 spiro atoms. The molecule has 3 heteroatoms. The summed E-state index contributed by atoms with van der Waals surface area (Å²) in [4.78, 5) is 0. The molecule has 9 heavy (non-hydrogen) atoms. The van der Waals surface area contributed by atoms with Crippen molar-refractivity contribution in [2.24, 2.45) is 0 Å². The van der Waals surface area contributed by atoms with Crippen molar-refractivity contribution >= 4 is 11.6 Å². The summed E-state index contributed by atoms with van der Waals surface area (Å²) in [6.07, 6.45) is 2.38. The lowest BCUT2D eigenvalue weighted by Crippen LogP contribution is -2.37. The highest BCUT2D eigenvalue weighted by atomic mass is 35.5. The maximum absolute atomic E-state index is 5.80. The first-order valence-corrected chi connectivity index (χ1v) is 3.67. The largest absolute Gasteiger partial charge is 0.381 e. The van der Waals surface area contributed by atoms with Crippen molar-refractivity contribution in [2.45, 2.75) is 24.4 Å². The fourth-order valence-electron chi connectivity index (χ4n) is 1.05. The Morgan fingerprint density at radius 1 is 1.67 bits per heavy atom. The lowest BCUT2D eigenvalue weighted by molar-refractivity contribution is 0.0719. The smallest absolute Gasteiger partial charge is 0.0850 e. The molecule has 0 aliphatic carbocycles. The van der Waals surface area contributed by atoms with Gasteiger partial charge in [0.25, 0.3) is 0 Å². The Balaban J connectivity index is 2.23. The van der Waals surface area contributed by atoms with Crippen LogP contribution in [0.2, 0.25) is 0 Å². The van der Waals surface area contributed by atoms with Gasteiger partial charge in [0.2, 0.25) is 0 Å². The van der Waals surface area contributed by atoms with Gasteiger partial charge in [-0.3, -0.25) is 0 Å². The van der Waals surface area contributed by atoms with Crippen LogP contribution in [0.5, 0.6) is 0 Å². The van der Waals surface area contributed by atoms with Gasteiger partial charge in [0.15, 0.2) is 0 Å². The van der Waals surface area contributed by atoms with Gasteiger partial charge < -0.3 is 10.1 Å². The number of rotatable bonds is 1. The molecule has 1 aliphatic heterocycles. The first-order valence-electron chi connectivity index (χ1n) is 3.23. The maximum Gasteiger partial charge on any atom is 0.0850 e. The highest BCUT2D eigenvalue weighted by Gasteiger charge is 2.18. The summed E-state index contributed by atoms with van der Waals surface area (Å²) in [6.45, 7) is 0.979. The lowest BCUT2D eigenvalue weighted by atomic mass is 10.1. The third-order valence-corrected chi connectivity index (χ3v) is 1.97. The zero-order chi connectivity index (χ0) is 6.69. The molecule has 54 valence electrons. The van der Waals surface area contributed by atoms with E-state index in [2.05, 4.69) is 5.32 Å². The average molecular weight is 150 g/mol. The third-order valence-electron chi connectivity index (χ3n) is 1.64. The first-order chi connectivity index (χ1) is 4.33. The minimum absolute atomic E-state index is 0.115. The van der Waals surface area contributed by atoms with E-state index in [1.165, 1.54) is 0 Å². The van der Waals surface area contributed by atoms with Crippen molar-refractivity contribution in [1.82, 2.24) is 5.32 Å². The molecule has 1 aliphatic rings. The van der Waals surface area contributed by atoms with Crippen LogP contribution in [0.3, 0.4) is 0 Å². The van der Waals surface area contributed by atoms with Gasteiger partial charge in [0.1, 0.15) is 0 Å². The number of piperidine rings is 1. The number of hydrogen-bond donors (Lipinski definition) is 1. The molecule has 1 N–H and O–H groups in total. The van der Waals surface area contributed by atoms with Crippen LogP contribution in [-0.4, -0.2) is 25.3 Å². The van der Waals surface area contributed by atoms with E-state index in [0.717, 1.165) is 19.4 Å². The molecule has 1 rings (SSSR count). The van der Waals surface area contributed by atoms with Crippen molar-refractivity contribution in [1.29, 1.82) is 0 Å². The lowest BCUT2D eigenvalue weighted by Gasteiger charge is -2.24. The van der Waals surface area contributed by atoms with Gasteiger partial charge in [0.05, 0.1) is 11.6 Å². The van der Waals surface area contributed by atoms with E-state index in [1.54, 1.807) is 7.11 Å². The Kier molecular flexibility index (Phi) is 2.76. The topological polar surface area (TPSA) is 21.3 Å². The van der Waals surface area contributed by atoms with Crippen LogP contribution in [-0.2, 0) is 4.74 Å². The van der Waals surface area contributed by atoms with Gasteiger partial charge in [0, 0.05) is 13.5 Å². The van der Waals surface area contributed by atoms with E-state index in [9.17, 15) is 0 Å². The molecule has 0 radical (unpaired) electrons. The summed E-state index contributed by atoms with van der Waals surface area (Å²) in [6, 6.07) is 0.